The van der Waals surface area contributed by atoms with Gasteiger partial charge in [-0.1, -0.05) is 23.7 Å². The van der Waals surface area contributed by atoms with Crippen LogP contribution in [0.2, 0.25) is 5.02 Å². The molecule has 4 N–H and O–H groups in total. The normalized spacial score (nSPS) is 9.47. The van der Waals surface area contributed by atoms with Gasteiger partial charge in [0.05, 0.1) is 17.3 Å². The molecule has 1 aromatic carbocycles. The number of halogens is 1. The fourth-order valence-electron chi connectivity index (χ4n) is 1.05. The number of carbonyl (C=O) groups is 2. The molecule has 17 heavy (non-hydrogen) atoms. The molecule has 0 fully saturated rings. The minimum atomic E-state index is -0.877. The van der Waals surface area contributed by atoms with Crippen LogP contribution in [0.15, 0.2) is 24.3 Å². The third-order valence-corrected chi connectivity index (χ3v) is 2.08. The van der Waals surface area contributed by atoms with Gasteiger partial charge in [0.25, 0.3) is 0 Å². The van der Waals surface area contributed by atoms with Crippen molar-refractivity contribution in [3.05, 3.63) is 29.3 Å². The summed E-state index contributed by atoms with van der Waals surface area (Å²) < 4.78 is 4.44. The van der Waals surface area contributed by atoms with Crippen LogP contribution in [0.3, 0.4) is 0 Å². The van der Waals surface area contributed by atoms with Crippen LogP contribution in [-0.2, 0) is 4.74 Å². The molecule has 0 atom stereocenters. The van der Waals surface area contributed by atoms with E-state index in [1.165, 1.54) is 0 Å². The molecule has 0 aliphatic heterocycles. The van der Waals surface area contributed by atoms with E-state index in [1.807, 2.05) is 0 Å². The Labute approximate surface area is 103 Å². The van der Waals surface area contributed by atoms with Crippen molar-refractivity contribution in [2.75, 3.05) is 18.5 Å². The number of hydrogen-bond acceptors (Lipinski definition) is 3. The molecule has 6 nitrogen and oxygen atoms in total. The first-order valence-electron chi connectivity index (χ1n) is 4.81. The third kappa shape index (κ3) is 5.07. The maximum atomic E-state index is 11.4. The highest BCUT2D eigenvalue weighted by Gasteiger charge is 2.04. The first-order valence-corrected chi connectivity index (χ1v) is 5.19. The number of benzene rings is 1. The van der Waals surface area contributed by atoms with E-state index < -0.39 is 12.1 Å². The molecular formula is C10H12ClN3O3. The largest absolute Gasteiger partial charge is 0.448 e. The Morgan fingerprint density at radius 3 is 2.71 bits per heavy atom. The van der Waals surface area contributed by atoms with E-state index in [-0.39, 0.29) is 13.2 Å². The molecule has 0 aromatic heterocycles. The van der Waals surface area contributed by atoms with Crippen molar-refractivity contribution in [1.29, 1.82) is 0 Å². The van der Waals surface area contributed by atoms with Crippen molar-refractivity contribution in [2.24, 2.45) is 5.73 Å². The van der Waals surface area contributed by atoms with Crippen molar-refractivity contribution >= 4 is 29.4 Å². The molecule has 1 aromatic rings. The molecule has 1 rings (SSSR count). The molecule has 0 saturated carbocycles. The van der Waals surface area contributed by atoms with Gasteiger partial charge in [0, 0.05) is 0 Å². The summed E-state index contributed by atoms with van der Waals surface area (Å²) in [6.07, 6.45) is -0.877. The van der Waals surface area contributed by atoms with Crippen LogP contribution in [0.1, 0.15) is 0 Å². The number of nitrogens with one attached hydrogen (secondary N) is 2. The van der Waals surface area contributed by atoms with Crippen molar-refractivity contribution in [1.82, 2.24) is 5.32 Å². The van der Waals surface area contributed by atoms with E-state index in [2.05, 4.69) is 15.4 Å². The first kappa shape index (κ1) is 13.1. The number of ether oxygens (including phenoxy) is 1. The summed E-state index contributed by atoms with van der Waals surface area (Å²) in [5, 5.41) is 5.46. The monoisotopic (exact) mass is 257 g/mol. The summed E-state index contributed by atoms with van der Waals surface area (Å²) in [7, 11) is 0. The molecule has 0 unspecified atom stereocenters. The minimum Gasteiger partial charge on any atom is -0.448 e. The summed E-state index contributed by atoms with van der Waals surface area (Å²) in [5.74, 6) is 0. The summed E-state index contributed by atoms with van der Waals surface area (Å²) in [6, 6.07) is 6.39. The van der Waals surface area contributed by atoms with Crippen LogP contribution in [0.25, 0.3) is 0 Å². The topological polar surface area (TPSA) is 93.5 Å². The van der Waals surface area contributed by atoms with Gasteiger partial charge >= 0.3 is 12.1 Å². The van der Waals surface area contributed by atoms with E-state index in [1.54, 1.807) is 24.3 Å². The van der Waals surface area contributed by atoms with Crippen molar-refractivity contribution in [3.8, 4) is 0 Å². The number of rotatable bonds is 4. The van der Waals surface area contributed by atoms with Crippen molar-refractivity contribution in [3.63, 3.8) is 0 Å². The zero-order chi connectivity index (χ0) is 12.7. The van der Waals surface area contributed by atoms with Gasteiger partial charge in [0.2, 0.25) is 0 Å². The van der Waals surface area contributed by atoms with Crippen LogP contribution in [0.4, 0.5) is 15.3 Å². The van der Waals surface area contributed by atoms with Gasteiger partial charge in [-0.3, -0.25) is 0 Å². The highest BCUT2D eigenvalue weighted by molar-refractivity contribution is 6.33. The van der Waals surface area contributed by atoms with Crippen LogP contribution in [0, 0.1) is 0 Å². The lowest BCUT2D eigenvalue weighted by molar-refractivity contribution is 0.157. The van der Waals surface area contributed by atoms with Gasteiger partial charge in [-0.25, -0.2) is 9.59 Å². The molecule has 0 saturated heterocycles. The van der Waals surface area contributed by atoms with Crippen LogP contribution < -0.4 is 16.4 Å². The van der Waals surface area contributed by atoms with Gasteiger partial charge in [0.1, 0.15) is 6.61 Å². The van der Waals surface area contributed by atoms with E-state index in [4.69, 9.17) is 17.3 Å². The number of anilines is 1. The molecular weight excluding hydrogens is 246 g/mol. The Morgan fingerprint density at radius 1 is 1.35 bits per heavy atom. The number of para-hydroxylation sites is 1. The van der Waals surface area contributed by atoms with Gasteiger partial charge in [-0.2, -0.15) is 0 Å². The zero-order valence-corrected chi connectivity index (χ0v) is 9.66. The predicted molar refractivity (Wildman–Crippen MR) is 64.0 cm³/mol. The Hall–Kier alpha value is -1.95. The standard InChI is InChI=1S/C10H12ClN3O3/c11-7-3-1-2-4-8(7)14-10(16)13-5-6-17-9(12)15/h1-4H,5-6H2,(H2,12,15)(H2,13,14,16). The lowest BCUT2D eigenvalue weighted by Gasteiger charge is -2.08. The summed E-state index contributed by atoms with van der Waals surface area (Å²) in [6.45, 7) is 0.185. The Bertz CT molecular complexity index is 412. The Kier molecular flexibility index (Phi) is 5.09. The molecule has 0 aliphatic carbocycles. The number of hydrogen-bond donors (Lipinski definition) is 3. The quantitative estimate of drug-likeness (QED) is 0.715. The smallest absolute Gasteiger partial charge is 0.404 e. The van der Waals surface area contributed by atoms with Crippen LogP contribution in [0.5, 0.6) is 0 Å². The Morgan fingerprint density at radius 2 is 2.06 bits per heavy atom. The van der Waals surface area contributed by atoms with E-state index >= 15 is 0 Å². The summed E-state index contributed by atoms with van der Waals surface area (Å²) in [4.78, 5) is 21.6. The minimum absolute atomic E-state index is 0.0191. The average molecular weight is 258 g/mol. The van der Waals surface area contributed by atoms with Gasteiger partial charge in [-0.15, -0.1) is 0 Å². The fraction of sp³-hybridized carbons (Fsp3) is 0.200. The highest BCUT2D eigenvalue weighted by Crippen LogP contribution is 2.19. The van der Waals surface area contributed by atoms with E-state index in [0.29, 0.717) is 10.7 Å². The van der Waals surface area contributed by atoms with Crippen LogP contribution in [-0.4, -0.2) is 25.3 Å². The van der Waals surface area contributed by atoms with Gasteiger partial charge < -0.3 is 21.1 Å². The van der Waals surface area contributed by atoms with Crippen molar-refractivity contribution in [2.45, 2.75) is 0 Å². The maximum absolute atomic E-state index is 11.4. The predicted octanol–water partition coefficient (Wildman–Crippen LogP) is 1.56. The SMILES string of the molecule is NC(=O)OCCNC(=O)Nc1ccccc1Cl. The number of carbonyl (C=O) groups excluding carboxylic acids is 2. The van der Waals surface area contributed by atoms with E-state index in [0.717, 1.165) is 0 Å². The molecule has 0 radical (unpaired) electrons. The number of amides is 3. The highest BCUT2D eigenvalue weighted by atomic mass is 35.5. The van der Waals surface area contributed by atoms with Gasteiger partial charge in [-0.05, 0) is 12.1 Å². The van der Waals surface area contributed by atoms with Crippen molar-refractivity contribution < 1.29 is 14.3 Å². The molecule has 0 aliphatic rings. The molecule has 7 heteroatoms. The fourth-order valence-corrected chi connectivity index (χ4v) is 1.23. The molecule has 3 amide bonds. The summed E-state index contributed by atoms with van der Waals surface area (Å²) >= 11 is 5.84. The average Bonchev–Trinajstić information content (AvgIpc) is 2.27. The first-order chi connectivity index (χ1) is 8.09. The Balaban J connectivity index is 2.30. The molecule has 0 bridgehead atoms. The number of nitrogens with two attached hydrogens (primary N) is 1. The summed E-state index contributed by atoms with van der Waals surface area (Å²) in [5.41, 5.74) is 5.25. The molecule has 92 valence electrons. The maximum Gasteiger partial charge on any atom is 0.404 e. The lowest BCUT2D eigenvalue weighted by atomic mass is 10.3. The zero-order valence-electron chi connectivity index (χ0n) is 8.90. The van der Waals surface area contributed by atoms with Gasteiger partial charge in [0.15, 0.2) is 0 Å². The second-order valence-electron chi connectivity index (χ2n) is 3.03. The third-order valence-electron chi connectivity index (χ3n) is 1.75. The second-order valence-corrected chi connectivity index (χ2v) is 3.44. The number of primary amides is 1. The molecule has 0 spiro atoms. The second kappa shape index (κ2) is 6.59. The lowest BCUT2D eigenvalue weighted by Crippen LogP contribution is -2.32. The molecule has 0 heterocycles. The van der Waals surface area contributed by atoms with Crippen LogP contribution >= 0.6 is 11.6 Å². The number of urea groups is 1. The van der Waals surface area contributed by atoms with E-state index in [9.17, 15) is 9.59 Å².